The van der Waals surface area contributed by atoms with Crippen LogP contribution in [0.25, 0.3) is 0 Å². The van der Waals surface area contributed by atoms with Crippen LogP contribution >= 0.6 is 0 Å². The van der Waals surface area contributed by atoms with Gasteiger partial charge < -0.3 is 14.7 Å². The minimum absolute atomic E-state index is 0.00964. The number of carbonyl (C=O) groups is 2. The molecule has 0 radical (unpaired) electrons. The number of para-hydroxylation sites is 1. The minimum atomic E-state index is -0.301. The van der Waals surface area contributed by atoms with E-state index in [0.29, 0.717) is 37.3 Å². The number of amides is 3. The molecule has 3 aromatic carbocycles. The maximum Gasteiger partial charge on any atom is 0.324 e. The number of halogens is 1. The van der Waals surface area contributed by atoms with E-state index in [2.05, 4.69) is 17.0 Å². The van der Waals surface area contributed by atoms with Gasteiger partial charge in [-0.05, 0) is 48.9 Å². The third-order valence-electron chi connectivity index (χ3n) is 6.74. The predicted molar refractivity (Wildman–Crippen MR) is 135 cm³/mol. The minimum Gasteiger partial charge on any atom is -0.368 e. The fraction of sp³-hybridized carbons (Fsp3) is 0.286. The van der Waals surface area contributed by atoms with E-state index in [1.165, 1.54) is 11.8 Å². The van der Waals surface area contributed by atoms with Gasteiger partial charge in [0.2, 0.25) is 0 Å². The summed E-state index contributed by atoms with van der Waals surface area (Å²) < 4.78 is 14.1. The molecule has 7 heteroatoms. The maximum absolute atomic E-state index is 14.1. The van der Waals surface area contributed by atoms with Gasteiger partial charge in [0.1, 0.15) is 5.82 Å². The van der Waals surface area contributed by atoms with Crippen molar-refractivity contribution in [3.8, 4) is 0 Å². The van der Waals surface area contributed by atoms with Crippen molar-refractivity contribution < 1.29 is 14.0 Å². The van der Waals surface area contributed by atoms with Crippen LogP contribution in [0.3, 0.4) is 0 Å². The van der Waals surface area contributed by atoms with E-state index in [1.54, 1.807) is 40.1 Å². The summed E-state index contributed by atoms with van der Waals surface area (Å²) in [5.74, 6) is -0.291. The highest BCUT2D eigenvalue weighted by molar-refractivity contribution is 5.96. The lowest BCUT2D eigenvalue weighted by Gasteiger charge is -2.36. The first-order valence-electron chi connectivity index (χ1n) is 12.1. The molecule has 0 spiro atoms. The fourth-order valence-corrected chi connectivity index (χ4v) is 4.77. The van der Waals surface area contributed by atoms with Gasteiger partial charge in [-0.2, -0.15) is 0 Å². The molecule has 3 aromatic rings. The Morgan fingerprint density at radius 3 is 2.14 bits per heavy atom. The molecular weight excluding hydrogens is 443 g/mol. The molecule has 0 bridgehead atoms. The Labute approximate surface area is 205 Å². The second kappa shape index (κ2) is 10.2. The summed E-state index contributed by atoms with van der Waals surface area (Å²) in [6.45, 7) is 4.38. The fourth-order valence-electron chi connectivity index (χ4n) is 4.77. The van der Waals surface area contributed by atoms with Gasteiger partial charge >= 0.3 is 6.03 Å². The molecule has 0 N–H and O–H groups in total. The van der Waals surface area contributed by atoms with Crippen molar-refractivity contribution in [2.75, 3.05) is 49.1 Å². The predicted octanol–water partition coefficient (Wildman–Crippen LogP) is 4.62. The number of rotatable bonds is 5. The maximum atomic E-state index is 14.1. The Morgan fingerprint density at radius 1 is 0.743 bits per heavy atom. The Morgan fingerprint density at radius 2 is 1.43 bits per heavy atom. The molecule has 5 rings (SSSR count). The van der Waals surface area contributed by atoms with E-state index in [0.717, 1.165) is 25.2 Å². The summed E-state index contributed by atoms with van der Waals surface area (Å²) in [5.41, 5.74) is 3.06. The molecule has 0 aromatic heterocycles. The molecule has 0 aliphatic carbocycles. The summed E-state index contributed by atoms with van der Waals surface area (Å²) in [4.78, 5) is 33.7. The first kappa shape index (κ1) is 22.9. The molecule has 3 amide bonds. The van der Waals surface area contributed by atoms with Crippen LogP contribution in [0.1, 0.15) is 22.3 Å². The molecular formula is C28H29FN4O2. The van der Waals surface area contributed by atoms with E-state index in [4.69, 9.17) is 0 Å². The Hall–Kier alpha value is -3.87. The summed E-state index contributed by atoms with van der Waals surface area (Å²) in [7, 11) is 0. The molecule has 0 atom stereocenters. The van der Waals surface area contributed by atoms with Crippen LogP contribution < -0.4 is 9.80 Å². The Bertz CT molecular complexity index is 1180. The van der Waals surface area contributed by atoms with Crippen LogP contribution in [0, 0.1) is 5.82 Å². The van der Waals surface area contributed by atoms with E-state index in [1.807, 2.05) is 35.2 Å². The smallest absolute Gasteiger partial charge is 0.324 e. The lowest BCUT2D eigenvalue weighted by atomic mass is 10.1. The van der Waals surface area contributed by atoms with Crippen LogP contribution in [0.2, 0.25) is 0 Å². The SMILES string of the molecule is O=C(c1ccc(N2CCCN(Cc3ccccc3F)C2=O)cc1)N1CCN(c2ccccc2)CC1. The van der Waals surface area contributed by atoms with Crippen LogP contribution in [-0.4, -0.2) is 61.0 Å². The monoisotopic (exact) mass is 472 g/mol. The normalized spacial score (nSPS) is 16.5. The topological polar surface area (TPSA) is 47.1 Å². The molecule has 0 saturated carbocycles. The van der Waals surface area contributed by atoms with Gasteiger partial charge in [0.15, 0.2) is 0 Å². The van der Waals surface area contributed by atoms with Gasteiger partial charge in [-0.1, -0.05) is 36.4 Å². The second-order valence-corrected chi connectivity index (χ2v) is 8.96. The standard InChI is InChI=1S/C28H29FN4O2/c29-26-10-5-4-7-23(26)21-32-15-6-16-33(28(32)35)25-13-11-22(12-14-25)27(34)31-19-17-30(18-20-31)24-8-2-1-3-9-24/h1-5,7-14H,6,15-21H2. The molecule has 2 heterocycles. The number of piperazine rings is 1. The second-order valence-electron chi connectivity index (χ2n) is 8.96. The van der Waals surface area contributed by atoms with Crippen molar-refractivity contribution in [3.05, 3.63) is 95.8 Å². The molecule has 35 heavy (non-hydrogen) atoms. The van der Waals surface area contributed by atoms with Gasteiger partial charge in [-0.25, -0.2) is 9.18 Å². The largest absolute Gasteiger partial charge is 0.368 e. The van der Waals surface area contributed by atoms with Crippen LogP contribution in [0.5, 0.6) is 0 Å². The van der Waals surface area contributed by atoms with Crippen molar-refractivity contribution >= 4 is 23.3 Å². The summed E-state index contributed by atoms with van der Waals surface area (Å²) in [6.07, 6.45) is 0.798. The average molecular weight is 473 g/mol. The number of nitrogens with zero attached hydrogens (tertiary/aromatic N) is 4. The van der Waals surface area contributed by atoms with E-state index in [-0.39, 0.29) is 24.3 Å². The van der Waals surface area contributed by atoms with E-state index in [9.17, 15) is 14.0 Å². The number of anilines is 2. The van der Waals surface area contributed by atoms with Crippen molar-refractivity contribution in [1.29, 1.82) is 0 Å². The zero-order valence-electron chi connectivity index (χ0n) is 19.6. The molecule has 6 nitrogen and oxygen atoms in total. The molecule has 2 aliphatic heterocycles. The average Bonchev–Trinajstić information content (AvgIpc) is 2.91. The lowest BCUT2D eigenvalue weighted by Crippen LogP contribution is -2.49. The number of hydrogen-bond donors (Lipinski definition) is 0. The summed E-state index contributed by atoms with van der Waals surface area (Å²) >= 11 is 0. The third kappa shape index (κ3) is 4.99. The first-order chi connectivity index (χ1) is 17.1. The van der Waals surface area contributed by atoms with Crippen LogP contribution in [-0.2, 0) is 6.54 Å². The highest BCUT2D eigenvalue weighted by atomic mass is 19.1. The van der Waals surface area contributed by atoms with Gasteiger partial charge in [0.05, 0.1) is 6.54 Å². The number of urea groups is 1. The molecule has 2 fully saturated rings. The van der Waals surface area contributed by atoms with Crippen molar-refractivity contribution in [3.63, 3.8) is 0 Å². The zero-order valence-corrected chi connectivity index (χ0v) is 19.6. The van der Waals surface area contributed by atoms with Crippen molar-refractivity contribution in [2.24, 2.45) is 0 Å². The quantitative estimate of drug-likeness (QED) is 0.545. The Kier molecular flexibility index (Phi) is 6.66. The zero-order chi connectivity index (χ0) is 24.2. The van der Waals surface area contributed by atoms with Gasteiger partial charge in [0, 0.05) is 61.8 Å². The lowest BCUT2D eigenvalue weighted by molar-refractivity contribution is 0.0747. The van der Waals surface area contributed by atoms with Crippen LogP contribution in [0.15, 0.2) is 78.9 Å². The van der Waals surface area contributed by atoms with Gasteiger partial charge in [0.25, 0.3) is 5.91 Å². The van der Waals surface area contributed by atoms with Gasteiger partial charge in [-0.15, -0.1) is 0 Å². The number of carbonyl (C=O) groups excluding carboxylic acids is 2. The van der Waals surface area contributed by atoms with E-state index >= 15 is 0 Å². The van der Waals surface area contributed by atoms with E-state index < -0.39 is 0 Å². The number of benzene rings is 3. The Balaban J connectivity index is 1.21. The molecule has 2 aliphatic rings. The van der Waals surface area contributed by atoms with Crippen molar-refractivity contribution in [2.45, 2.75) is 13.0 Å². The molecule has 0 unspecified atom stereocenters. The first-order valence-corrected chi connectivity index (χ1v) is 12.1. The highest BCUT2D eigenvalue weighted by Crippen LogP contribution is 2.24. The molecule has 2 saturated heterocycles. The highest BCUT2D eigenvalue weighted by Gasteiger charge is 2.28. The molecule has 180 valence electrons. The number of hydrogen-bond acceptors (Lipinski definition) is 3. The third-order valence-corrected chi connectivity index (χ3v) is 6.74. The van der Waals surface area contributed by atoms with Crippen molar-refractivity contribution in [1.82, 2.24) is 9.80 Å². The van der Waals surface area contributed by atoms with Gasteiger partial charge in [-0.3, -0.25) is 9.69 Å². The van der Waals surface area contributed by atoms with Crippen LogP contribution in [0.4, 0.5) is 20.6 Å². The summed E-state index contributed by atoms with van der Waals surface area (Å²) in [6, 6.07) is 23.9. The summed E-state index contributed by atoms with van der Waals surface area (Å²) in [5, 5.41) is 0.